The number of unbranched alkanes of at least 4 members (excludes halogenated alkanes) is 1. The normalized spacial score (nSPS) is 16.0. The van der Waals surface area contributed by atoms with Crippen LogP contribution in [0.5, 0.6) is 0 Å². The molecule has 0 spiro atoms. The second-order valence-corrected chi connectivity index (χ2v) is 21.2. The topological polar surface area (TPSA) is 223 Å². The Morgan fingerprint density at radius 3 is 1.68 bits per heavy atom. The van der Waals surface area contributed by atoms with Crippen LogP contribution in [0.25, 0.3) is 5.65 Å². The SMILES string of the molecule is C=C(C)COCCOCCOCCOCCOCCOCCOCCOCCOCCOCCOCCOCCCCN[C@H]1CCN(c2nc3cc([C@@H]4CCCCN4C(=O)c4cc(Cl)ccc4NS(C)(=O)=O)nn3cc2C)C1. The number of carbonyl (C=O) groups is 1. The van der Waals surface area contributed by atoms with Crippen molar-refractivity contribution < 1.29 is 70.1 Å². The highest BCUT2D eigenvalue weighted by Gasteiger charge is 2.33. The van der Waals surface area contributed by atoms with E-state index in [9.17, 15) is 13.2 Å². The number of amides is 1. The van der Waals surface area contributed by atoms with Gasteiger partial charge in [-0.2, -0.15) is 5.10 Å². The molecule has 442 valence electrons. The molecule has 2 N–H and O–H groups in total. The molecule has 2 aromatic heterocycles. The smallest absolute Gasteiger partial charge is 0.256 e. The van der Waals surface area contributed by atoms with Gasteiger partial charge in [0.1, 0.15) is 5.82 Å². The number of piperidine rings is 1. The van der Waals surface area contributed by atoms with E-state index >= 15 is 0 Å². The van der Waals surface area contributed by atoms with Crippen molar-refractivity contribution in [2.75, 3.05) is 201 Å². The fraction of sp³-hybridized carbons (Fsp3) is 0.722. The number of fused-ring (bicyclic) bond motifs is 1. The van der Waals surface area contributed by atoms with Gasteiger partial charge in [-0.15, -0.1) is 0 Å². The molecule has 2 atom stereocenters. The molecule has 1 aromatic carbocycles. The summed E-state index contributed by atoms with van der Waals surface area (Å²) < 4.78 is 94.9. The molecule has 24 heteroatoms. The second kappa shape index (κ2) is 38.9. The van der Waals surface area contributed by atoms with Gasteiger partial charge in [-0.25, -0.2) is 17.9 Å². The number of carbonyl (C=O) groups excluding carboxylic acids is 1. The van der Waals surface area contributed by atoms with Crippen LogP contribution in [0.4, 0.5) is 11.5 Å². The first kappa shape index (κ1) is 65.2. The highest BCUT2D eigenvalue weighted by Crippen LogP contribution is 2.35. The molecule has 0 bridgehead atoms. The Kier molecular flexibility index (Phi) is 32.5. The van der Waals surface area contributed by atoms with E-state index < -0.39 is 10.0 Å². The van der Waals surface area contributed by atoms with E-state index in [4.69, 9.17) is 78.5 Å². The standard InChI is InChI=1S/C54H88ClN7O15S/c1-44(2)43-77-38-37-76-36-35-75-34-33-74-32-31-73-30-29-72-28-27-71-26-25-70-24-23-69-22-21-68-20-19-67-18-17-66-16-8-6-13-56-47-12-15-60(42-47)53-45(3)41-62-52(57-53)40-50(58-62)51-9-5-7-14-61(51)54(63)48-39-46(55)10-11-49(48)59-78(4,64)65/h10-11,39-41,47,51,56,59H,1,5-9,12-38,42-43H2,2-4H3/t47-,51-/m0/s1. The van der Waals surface area contributed by atoms with Crippen LogP contribution in [0.2, 0.25) is 5.02 Å². The molecule has 0 aliphatic carbocycles. The second-order valence-electron chi connectivity index (χ2n) is 19.0. The van der Waals surface area contributed by atoms with E-state index in [0.29, 0.717) is 182 Å². The summed E-state index contributed by atoms with van der Waals surface area (Å²) in [5, 5.41) is 8.95. The molecule has 5 rings (SSSR count). The van der Waals surface area contributed by atoms with Crippen LogP contribution < -0.4 is 14.9 Å². The van der Waals surface area contributed by atoms with Crippen molar-refractivity contribution in [1.82, 2.24) is 24.8 Å². The quantitative estimate of drug-likeness (QED) is 0.0551. The van der Waals surface area contributed by atoms with Crippen molar-refractivity contribution in [2.45, 2.75) is 64.5 Å². The molecule has 4 heterocycles. The van der Waals surface area contributed by atoms with Crippen molar-refractivity contribution >= 4 is 44.7 Å². The number of likely N-dealkylation sites (tertiary alicyclic amines) is 1. The van der Waals surface area contributed by atoms with Gasteiger partial charge in [-0.05, 0) is 77.1 Å². The highest BCUT2D eigenvalue weighted by atomic mass is 35.5. The minimum absolute atomic E-state index is 0.195. The number of nitrogens with zero attached hydrogens (tertiary/aromatic N) is 5. The molecule has 78 heavy (non-hydrogen) atoms. The van der Waals surface area contributed by atoms with Crippen molar-refractivity contribution in [3.63, 3.8) is 0 Å². The van der Waals surface area contributed by atoms with Gasteiger partial charge < -0.3 is 72.0 Å². The van der Waals surface area contributed by atoms with Gasteiger partial charge in [0.25, 0.3) is 5.91 Å². The Morgan fingerprint density at radius 1 is 0.679 bits per heavy atom. The van der Waals surface area contributed by atoms with Crippen LogP contribution in [0, 0.1) is 6.92 Å². The predicted molar refractivity (Wildman–Crippen MR) is 298 cm³/mol. The molecule has 3 aromatic rings. The first-order valence-electron chi connectivity index (χ1n) is 27.5. The number of nitrogens with one attached hydrogen (secondary N) is 2. The van der Waals surface area contributed by atoms with Crippen LogP contribution in [-0.4, -0.2) is 231 Å². The molecular formula is C54H88ClN7O15S. The van der Waals surface area contributed by atoms with Crippen molar-refractivity contribution in [2.24, 2.45) is 0 Å². The maximum atomic E-state index is 14.0. The average molecular weight is 1140 g/mol. The minimum Gasteiger partial charge on any atom is -0.379 e. The van der Waals surface area contributed by atoms with Crippen molar-refractivity contribution in [1.29, 1.82) is 0 Å². The Hall–Kier alpha value is -3.63. The fourth-order valence-corrected chi connectivity index (χ4v) is 9.29. The first-order chi connectivity index (χ1) is 38.0. The van der Waals surface area contributed by atoms with Crippen LogP contribution in [0.15, 0.2) is 42.6 Å². The number of hydrogen-bond acceptors (Lipinski definition) is 19. The van der Waals surface area contributed by atoms with Crippen molar-refractivity contribution in [3.8, 4) is 0 Å². The number of halogens is 1. The van der Waals surface area contributed by atoms with Gasteiger partial charge in [0.05, 0.1) is 181 Å². The Morgan fingerprint density at radius 2 is 1.18 bits per heavy atom. The number of sulfonamides is 1. The number of rotatable bonds is 46. The van der Waals surface area contributed by atoms with Gasteiger partial charge in [0.2, 0.25) is 10.0 Å². The molecular weight excluding hydrogens is 1050 g/mol. The zero-order chi connectivity index (χ0) is 55.5. The van der Waals surface area contributed by atoms with E-state index in [1.807, 2.05) is 19.2 Å². The lowest BCUT2D eigenvalue weighted by Gasteiger charge is -2.35. The van der Waals surface area contributed by atoms with E-state index in [0.717, 1.165) is 87.1 Å². The third-order valence-electron chi connectivity index (χ3n) is 12.3. The minimum atomic E-state index is -3.62. The zero-order valence-electron chi connectivity index (χ0n) is 46.4. The van der Waals surface area contributed by atoms with E-state index in [-0.39, 0.29) is 23.2 Å². The van der Waals surface area contributed by atoms with Crippen LogP contribution >= 0.6 is 11.6 Å². The number of ether oxygens (including phenoxy) is 12. The van der Waals surface area contributed by atoms with Crippen LogP contribution in [0.3, 0.4) is 0 Å². The molecule has 0 saturated carbocycles. The van der Waals surface area contributed by atoms with Gasteiger partial charge >= 0.3 is 0 Å². The molecule has 2 fully saturated rings. The molecule has 0 unspecified atom stereocenters. The van der Waals surface area contributed by atoms with Crippen LogP contribution in [0.1, 0.15) is 73.1 Å². The number of aryl methyl sites for hydroxylation is 1. The summed E-state index contributed by atoms with van der Waals surface area (Å²) in [5.41, 5.74) is 3.88. The Balaban J connectivity index is 0.766. The summed E-state index contributed by atoms with van der Waals surface area (Å²) in [7, 11) is -3.62. The highest BCUT2D eigenvalue weighted by molar-refractivity contribution is 7.92. The summed E-state index contributed by atoms with van der Waals surface area (Å²) >= 11 is 6.28. The molecule has 1 amide bonds. The number of aromatic nitrogens is 3. The molecule has 2 saturated heterocycles. The summed E-state index contributed by atoms with van der Waals surface area (Å²) in [6.07, 6.45) is 8.54. The predicted octanol–water partition coefficient (Wildman–Crippen LogP) is 5.15. The van der Waals surface area contributed by atoms with Gasteiger partial charge in [0, 0.05) is 55.1 Å². The molecule has 0 radical (unpaired) electrons. The van der Waals surface area contributed by atoms with E-state index in [1.165, 1.54) is 12.1 Å². The van der Waals surface area contributed by atoms with Crippen molar-refractivity contribution in [3.05, 3.63) is 64.5 Å². The lowest BCUT2D eigenvalue weighted by Crippen LogP contribution is -2.39. The molecule has 2 aliphatic heterocycles. The lowest BCUT2D eigenvalue weighted by molar-refractivity contribution is -0.0282. The first-order valence-corrected chi connectivity index (χ1v) is 29.8. The number of benzene rings is 1. The fourth-order valence-electron chi connectivity index (χ4n) is 8.54. The Bertz CT molecular complexity index is 2250. The lowest BCUT2D eigenvalue weighted by atomic mass is 9.98. The maximum absolute atomic E-state index is 14.0. The summed E-state index contributed by atoms with van der Waals surface area (Å²) in [6, 6.07) is 6.62. The average Bonchev–Trinajstić information content (AvgIpc) is 4.10. The third-order valence-corrected chi connectivity index (χ3v) is 13.1. The number of anilines is 2. The monoisotopic (exact) mass is 1140 g/mol. The summed E-state index contributed by atoms with van der Waals surface area (Å²) in [6.45, 7) is 23.4. The van der Waals surface area contributed by atoms with E-state index in [1.54, 1.807) is 15.5 Å². The molecule has 2 aliphatic rings. The van der Waals surface area contributed by atoms with Gasteiger partial charge in [0.15, 0.2) is 5.65 Å². The van der Waals surface area contributed by atoms with E-state index in [2.05, 4.69) is 28.4 Å². The van der Waals surface area contributed by atoms with Gasteiger partial charge in [-0.3, -0.25) is 9.52 Å². The molecule has 22 nitrogen and oxygen atoms in total. The van der Waals surface area contributed by atoms with Crippen LogP contribution in [-0.2, 0) is 66.9 Å². The summed E-state index contributed by atoms with van der Waals surface area (Å²) in [5.74, 6) is 0.634. The summed E-state index contributed by atoms with van der Waals surface area (Å²) in [4.78, 5) is 23.2. The maximum Gasteiger partial charge on any atom is 0.256 e. The number of hydrogen-bond donors (Lipinski definition) is 2. The van der Waals surface area contributed by atoms with Gasteiger partial charge in [-0.1, -0.05) is 23.8 Å². The third kappa shape index (κ3) is 26.8. The zero-order valence-corrected chi connectivity index (χ0v) is 48.0. The Labute approximate surface area is 467 Å². The largest absolute Gasteiger partial charge is 0.379 e.